The zero-order valence-electron chi connectivity index (χ0n) is 18.7. The third-order valence-corrected chi connectivity index (χ3v) is 5.42. The van der Waals surface area contributed by atoms with E-state index in [1.165, 1.54) is 30.6 Å². The highest BCUT2D eigenvalue weighted by atomic mass is 32.2. The van der Waals surface area contributed by atoms with Crippen molar-refractivity contribution in [3.8, 4) is 11.3 Å². The molecule has 1 heterocycles. The van der Waals surface area contributed by atoms with Crippen molar-refractivity contribution < 1.29 is 22.7 Å². The number of hydrogen-bond donors (Lipinski definition) is 3. The van der Waals surface area contributed by atoms with Crippen LogP contribution in [0.3, 0.4) is 0 Å². The first-order valence-electron chi connectivity index (χ1n) is 10.0. The van der Waals surface area contributed by atoms with Crippen molar-refractivity contribution in [2.24, 2.45) is 5.92 Å². The average molecular weight is 464 g/mol. The minimum atomic E-state index is -4.22. The number of rotatable bonds is 7. The van der Waals surface area contributed by atoms with Crippen LogP contribution in [0.5, 0.6) is 0 Å². The maximum absolute atomic E-state index is 12.9. The number of benzene rings is 1. The van der Waals surface area contributed by atoms with Gasteiger partial charge in [0.05, 0.1) is 10.6 Å². The number of hydrogen-bond acceptors (Lipinski definition) is 8. The lowest BCUT2D eigenvalue weighted by Crippen LogP contribution is -2.50. The molecule has 2 aromatic rings. The first kappa shape index (κ1) is 25.1. The number of amides is 2. The van der Waals surface area contributed by atoms with E-state index in [0.29, 0.717) is 11.3 Å². The van der Waals surface area contributed by atoms with Gasteiger partial charge >= 0.3 is 6.09 Å². The summed E-state index contributed by atoms with van der Waals surface area (Å²) in [5, 5.41) is 2.45. The van der Waals surface area contributed by atoms with E-state index in [0.717, 1.165) is 0 Å². The quantitative estimate of drug-likeness (QED) is 0.566. The number of nitrogens with two attached hydrogens (primary N) is 1. The molecule has 4 N–H and O–H groups in total. The first-order chi connectivity index (χ1) is 14.8. The summed E-state index contributed by atoms with van der Waals surface area (Å²) in [6.07, 6.45) is 0.687. The fraction of sp³-hybridized carbons (Fsp3) is 0.429. The van der Waals surface area contributed by atoms with E-state index in [4.69, 9.17) is 10.5 Å². The molecule has 0 fully saturated rings. The van der Waals surface area contributed by atoms with Gasteiger partial charge in [0, 0.05) is 11.6 Å². The lowest BCUT2D eigenvalue weighted by atomic mass is 10.0. The second kappa shape index (κ2) is 9.94. The summed E-state index contributed by atoms with van der Waals surface area (Å²) in [4.78, 5) is 32.7. The van der Waals surface area contributed by atoms with E-state index in [1.807, 2.05) is 18.6 Å². The van der Waals surface area contributed by atoms with E-state index in [2.05, 4.69) is 15.3 Å². The normalized spacial score (nSPS) is 12.8. The van der Waals surface area contributed by atoms with Gasteiger partial charge in [-0.05, 0) is 45.2 Å². The molecule has 2 rings (SSSR count). The van der Waals surface area contributed by atoms with Gasteiger partial charge in [-0.15, -0.1) is 0 Å². The molecule has 0 saturated heterocycles. The summed E-state index contributed by atoms with van der Waals surface area (Å²) in [5.41, 5.74) is 5.82. The summed E-state index contributed by atoms with van der Waals surface area (Å²) in [6, 6.07) is 6.32. The highest BCUT2D eigenvalue weighted by Gasteiger charge is 2.28. The molecule has 0 spiro atoms. The van der Waals surface area contributed by atoms with E-state index in [-0.39, 0.29) is 23.1 Å². The van der Waals surface area contributed by atoms with Gasteiger partial charge in [-0.25, -0.2) is 27.9 Å². The number of nitrogen functional groups attached to an aromatic ring is 1. The van der Waals surface area contributed by atoms with E-state index in [9.17, 15) is 18.0 Å². The number of nitrogens with one attached hydrogen (secondary N) is 2. The van der Waals surface area contributed by atoms with Gasteiger partial charge < -0.3 is 15.8 Å². The Morgan fingerprint density at radius 2 is 1.84 bits per heavy atom. The van der Waals surface area contributed by atoms with Crippen LogP contribution in [0.4, 0.5) is 10.6 Å². The third-order valence-electron chi connectivity index (χ3n) is 4.08. The Bertz CT molecular complexity index is 1080. The minimum Gasteiger partial charge on any atom is -0.444 e. The minimum absolute atomic E-state index is 0.00921. The molecule has 1 aromatic heterocycles. The highest BCUT2D eigenvalue weighted by Crippen LogP contribution is 2.21. The van der Waals surface area contributed by atoms with Crippen molar-refractivity contribution in [1.29, 1.82) is 0 Å². The SMILES string of the molecule is CC(C)C[C@H](NC(=O)OC(C)(C)C)C(=O)NS(=O)(=O)c1cccc(-c2cc(N)ncn2)c1. The van der Waals surface area contributed by atoms with Crippen molar-refractivity contribution in [1.82, 2.24) is 20.0 Å². The number of aromatic nitrogens is 2. The average Bonchev–Trinajstić information content (AvgIpc) is 2.65. The molecule has 174 valence electrons. The van der Waals surface area contributed by atoms with E-state index < -0.39 is 33.7 Å². The number of alkyl carbamates (subject to hydrolysis) is 1. The van der Waals surface area contributed by atoms with Crippen molar-refractivity contribution in [2.45, 2.75) is 57.6 Å². The monoisotopic (exact) mass is 463 g/mol. The van der Waals surface area contributed by atoms with Crippen LogP contribution in [0.2, 0.25) is 0 Å². The molecule has 0 aliphatic heterocycles. The first-order valence-corrected chi connectivity index (χ1v) is 11.5. The Hall–Kier alpha value is -3.21. The Balaban J connectivity index is 2.23. The molecule has 0 bridgehead atoms. The molecule has 32 heavy (non-hydrogen) atoms. The van der Waals surface area contributed by atoms with Crippen molar-refractivity contribution in [2.75, 3.05) is 5.73 Å². The van der Waals surface area contributed by atoms with Crippen LogP contribution in [0.1, 0.15) is 41.0 Å². The maximum atomic E-state index is 12.9. The molecular formula is C21H29N5O5S. The number of carbonyl (C=O) groups excluding carboxylic acids is 2. The number of carbonyl (C=O) groups is 2. The van der Waals surface area contributed by atoms with Crippen LogP contribution in [-0.4, -0.2) is 42.0 Å². The molecule has 0 radical (unpaired) electrons. The molecular weight excluding hydrogens is 434 g/mol. The molecule has 1 atom stereocenters. The molecule has 0 unspecified atom stereocenters. The summed E-state index contributed by atoms with van der Waals surface area (Å²) in [5.74, 6) is -0.613. The summed E-state index contributed by atoms with van der Waals surface area (Å²) in [7, 11) is -4.22. The van der Waals surface area contributed by atoms with Gasteiger partial charge in [-0.1, -0.05) is 26.0 Å². The Morgan fingerprint density at radius 3 is 2.44 bits per heavy atom. The topological polar surface area (TPSA) is 153 Å². The van der Waals surface area contributed by atoms with Crippen LogP contribution in [0.25, 0.3) is 11.3 Å². The fourth-order valence-electron chi connectivity index (χ4n) is 2.77. The van der Waals surface area contributed by atoms with Gasteiger partial charge in [0.25, 0.3) is 15.9 Å². The Morgan fingerprint density at radius 1 is 1.16 bits per heavy atom. The highest BCUT2D eigenvalue weighted by molar-refractivity contribution is 7.90. The summed E-state index contributed by atoms with van der Waals surface area (Å²) < 4.78 is 33.0. The van der Waals surface area contributed by atoms with Gasteiger partial charge in [-0.3, -0.25) is 4.79 Å². The number of sulfonamides is 1. The molecule has 1 aromatic carbocycles. The van der Waals surface area contributed by atoms with E-state index >= 15 is 0 Å². The predicted molar refractivity (Wildman–Crippen MR) is 120 cm³/mol. The largest absolute Gasteiger partial charge is 0.444 e. The van der Waals surface area contributed by atoms with Crippen LogP contribution >= 0.6 is 0 Å². The van der Waals surface area contributed by atoms with Crippen LogP contribution in [0, 0.1) is 5.92 Å². The van der Waals surface area contributed by atoms with Crippen LogP contribution < -0.4 is 15.8 Å². The molecule has 11 heteroatoms. The Kier molecular flexibility index (Phi) is 7.78. The van der Waals surface area contributed by atoms with E-state index in [1.54, 1.807) is 26.8 Å². The lowest BCUT2D eigenvalue weighted by Gasteiger charge is -2.24. The zero-order chi connectivity index (χ0) is 24.1. The van der Waals surface area contributed by atoms with Crippen molar-refractivity contribution >= 4 is 27.8 Å². The second-order valence-electron chi connectivity index (χ2n) is 8.65. The predicted octanol–water partition coefficient (Wildman–Crippen LogP) is 2.47. The maximum Gasteiger partial charge on any atom is 0.408 e. The molecule has 0 aliphatic carbocycles. The fourth-order valence-corrected chi connectivity index (χ4v) is 3.83. The van der Waals surface area contributed by atoms with Crippen molar-refractivity contribution in [3.05, 3.63) is 36.7 Å². The molecule has 2 amide bonds. The molecule has 10 nitrogen and oxygen atoms in total. The van der Waals surface area contributed by atoms with Crippen molar-refractivity contribution in [3.63, 3.8) is 0 Å². The van der Waals surface area contributed by atoms with Gasteiger partial charge in [0.2, 0.25) is 0 Å². The number of anilines is 1. The summed E-state index contributed by atoms with van der Waals surface area (Å²) in [6.45, 7) is 8.76. The van der Waals surface area contributed by atoms with Gasteiger partial charge in [0.15, 0.2) is 0 Å². The molecule has 0 saturated carbocycles. The lowest BCUT2D eigenvalue weighted by molar-refractivity contribution is -0.121. The smallest absolute Gasteiger partial charge is 0.408 e. The zero-order valence-corrected chi connectivity index (χ0v) is 19.6. The van der Waals surface area contributed by atoms with Crippen LogP contribution in [-0.2, 0) is 19.6 Å². The Labute approximate surface area is 188 Å². The second-order valence-corrected chi connectivity index (χ2v) is 10.3. The standard InChI is InChI=1S/C21H29N5O5S/c1-13(2)9-17(25-20(28)31-21(3,4)5)19(27)26-32(29,30)15-8-6-7-14(10-15)16-11-18(22)24-12-23-16/h6-8,10-13,17H,9H2,1-5H3,(H,25,28)(H,26,27)(H2,22,23,24)/t17-/m0/s1. The number of ether oxygens (including phenoxy) is 1. The van der Waals surface area contributed by atoms with Crippen LogP contribution in [0.15, 0.2) is 41.6 Å². The molecule has 0 aliphatic rings. The van der Waals surface area contributed by atoms with Gasteiger partial charge in [0.1, 0.15) is 23.8 Å². The van der Waals surface area contributed by atoms with Gasteiger partial charge in [-0.2, -0.15) is 0 Å². The number of nitrogens with zero attached hydrogens (tertiary/aromatic N) is 2. The summed E-state index contributed by atoms with van der Waals surface area (Å²) >= 11 is 0. The third kappa shape index (κ3) is 7.49.